The van der Waals surface area contributed by atoms with Crippen molar-refractivity contribution in [3.63, 3.8) is 0 Å². The van der Waals surface area contributed by atoms with E-state index < -0.39 is 35.9 Å². The highest BCUT2D eigenvalue weighted by Crippen LogP contribution is 2.20. The van der Waals surface area contributed by atoms with E-state index in [2.05, 4.69) is 20.6 Å². The number of carboxylic acid groups (broad SMARTS) is 1. The zero-order valence-corrected chi connectivity index (χ0v) is 18.7. The van der Waals surface area contributed by atoms with Gasteiger partial charge >= 0.3 is 5.97 Å². The summed E-state index contributed by atoms with van der Waals surface area (Å²) in [5, 5.41) is 16.3. The van der Waals surface area contributed by atoms with Crippen molar-refractivity contribution in [3.05, 3.63) is 72.1 Å². The third-order valence-electron chi connectivity index (χ3n) is 5.91. The van der Waals surface area contributed by atoms with Crippen molar-refractivity contribution >= 4 is 39.6 Å². The van der Waals surface area contributed by atoms with E-state index in [1.807, 2.05) is 54.7 Å². The van der Waals surface area contributed by atoms with Crippen molar-refractivity contribution < 1.29 is 19.5 Å². The molecule has 3 atom stereocenters. The third kappa shape index (κ3) is 4.94. The Bertz CT molecular complexity index is 1340. The second-order valence-corrected chi connectivity index (χ2v) is 8.36. The van der Waals surface area contributed by atoms with E-state index in [1.54, 1.807) is 6.20 Å². The Balaban J connectivity index is 1.52. The van der Waals surface area contributed by atoms with Crippen molar-refractivity contribution in [2.45, 2.75) is 37.9 Å². The summed E-state index contributed by atoms with van der Waals surface area (Å²) in [6.07, 6.45) is 4.06. The van der Waals surface area contributed by atoms with Crippen LogP contribution >= 0.6 is 0 Å². The van der Waals surface area contributed by atoms with Crippen molar-refractivity contribution in [2.24, 2.45) is 5.73 Å². The van der Waals surface area contributed by atoms with E-state index in [9.17, 15) is 19.5 Å². The molecule has 2 aromatic carbocycles. The Morgan fingerprint density at radius 1 is 0.853 bits per heavy atom. The van der Waals surface area contributed by atoms with Crippen molar-refractivity contribution in [1.29, 1.82) is 0 Å². The lowest BCUT2D eigenvalue weighted by Gasteiger charge is -2.22. The number of fused-ring (bicyclic) bond motifs is 2. The van der Waals surface area contributed by atoms with Crippen LogP contribution in [0.2, 0.25) is 0 Å². The Kier molecular flexibility index (Phi) is 6.65. The lowest BCUT2D eigenvalue weighted by atomic mass is 10.0. The van der Waals surface area contributed by atoms with Crippen LogP contribution in [0.25, 0.3) is 21.8 Å². The normalized spacial score (nSPS) is 13.9. The molecule has 0 radical (unpaired) electrons. The highest BCUT2D eigenvalue weighted by Gasteiger charge is 2.27. The van der Waals surface area contributed by atoms with Gasteiger partial charge in [0.1, 0.15) is 12.1 Å². The zero-order chi connectivity index (χ0) is 24.2. The average molecular weight is 462 g/mol. The first-order chi connectivity index (χ1) is 16.3. The van der Waals surface area contributed by atoms with Crippen LogP contribution in [0.3, 0.4) is 0 Å². The number of amides is 2. The quantitative estimate of drug-likeness (QED) is 0.225. The minimum Gasteiger partial charge on any atom is -0.480 e. The lowest BCUT2D eigenvalue weighted by Crippen LogP contribution is -2.55. The minimum atomic E-state index is -1.17. The lowest BCUT2D eigenvalue weighted by molar-refractivity contribution is -0.141. The van der Waals surface area contributed by atoms with E-state index in [-0.39, 0.29) is 12.8 Å². The van der Waals surface area contributed by atoms with Gasteiger partial charge in [-0.3, -0.25) is 14.4 Å². The van der Waals surface area contributed by atoms with E-state index in [1.165, 1.54) is 6.92 Å². The molecule has 0 saturated carbocycles. The molecule has 4 aromatic rings. The summed E-state index contributed by atoms with van der Waals surface area (Å²) >= 11 is 0. The van der Waals surface area contributed by atoms with Gasteiger partial charge in [0.05, 0.1) is 6.04 Å². The van der Waals surface area contributed by atoms with Gasteiger partial charge in [-0.25, -0.2) is 0 Å². The predicted octanol–water partition coefficient (Wildman–Crippen LogP) is 1.84. The van der Waals surface area contributed by atoms with Gasteiger partial charge in [0, 0.05) is 40.6 Å². The smallest absolute Gasteiger partial charge is 0.325 e. The molecule has 0 fully saturated rings. The second-order valence-electron chi connectivity index (χ2n) is 8.36. The molecule has 9 heteroatoms. The maximum absolute atomic E-state index is 13.0. The first-order valence-electron chi connectivity index (χ1n) is 11.0. The van der Waals surface area contributed by atoms with Gasteiger partial charge in [-0.15, -0.1) is 0 Å². The van der Waals surface area contributed by atoms with Crippen LogP contribution in [0.15, 0.2) is 60.9 Å². The predicted molar refractivity (Wildman–Crippen MR) is 129 cm³/mol. The number of carboxylic acids is 1. The van der Waals surface area contributed by atoms with Crippen LogP contribution in [0.4, 0.5) is 0 Å². The van der Waals surface area contributed by atoms with Gasteiger partial charge < -0.3 is 31.4 Å². The number of aliphatic carboxylic acids is 1. The molecule has 176 valence electrons. The number of benzene rings is 2. The molecule has 7 N–H and O–H groups in total. The fraction of sp³-hybridized carbons (Fsp3) is 0.240. The first kappa shape index (κ1) is 23.1. The molecule has 34 heavy (non-hydrogen) atoms. The van der Waals surface area contributed by atoms with Gasteiger partial charge in [-0.1, -0.05) is 36.4 Å². The number of rotatable bonds is 9. The van der Waals surface area contributed by atoms with Gasteiger partial charge in [-0.05, 0) is 36.6 Å². The maximum atomic E-state index is 13.0. The molecule has 0 spiro atoms. The number of carbonyl (C=O) groups is 3. The standard InChI is InChI=1S/C25H27N5O4/c1-14(25(33)34)29-24(32)22(11-16-13-28-21-9-5-3-7-18(16)21)30-23(31)19(26)10-15-12-27-20-8-4-2-6-17(15)20/h2-9,12-14,19,22,27-28H,10-11,26H2,1H3,(H,29,32)(H,30,31)(H,33,34)/t14-,19-,22-/m0/s1. The van der Waals surface area contributed by atoms with Crippen LogP contribution in [-0.2, 0) is 27.2 Å². The Morgan fingerprint density at radius 3 is 1.94 bits per heavy atom. The number of hydrogen-bond acceptors (Lipinski definition) is 4. The summed E-state index contributed by atoms with van der Waals surface area (Å²) in [7, 11) is 0. The number of nitrogens with one attached hydrogen (secondary N) is 4. The van der Waals surface area contributed by atoms with Gasteiger partial charge in [0.2, 0.25) is 11.8 Å². The summed E-state index contributed by atoms with van der Waals surface area (Å²) in [6.45, 7) is 1.37. The maximum Gasteiger partial charge on any atom is 0.325 e. The summed E-state index contributed by atoms with van der Waals surface area (Å²) in [6, 6.07) is 12.3. The van der Waals surface area contributed by atoms with Gasteiger partial charge in [-0.2, -0.15) is 0 Å². The van der Waals surface area contributed by atoms with E-state index in [0.29, 0.717) is 0 Å². The molecule has 2 amide bonds. The van der Waals surface area contributed by atoms with Crippen molar-refractivity contribution in [1.82, 2.24) is 20.6 Å². The van der Waals surface area contributed by atoms with Crippen LogP contribution in [0.1, 0.15) is 18.1 Å². The number of H-pyrrole nitrogens is 2. The molecule has 0 aliphatic heterocycles. The summed E-state index contributed by atoms with van der Waals surface area (Å²) in [5.74, 6) is -2.25. The first-order valence-corrected chi connectivity index (χ1v) is 11.0. The van der Waals surface area contributed by atoms with Crippen LogP contribution < -0.4 is 16.4 Å². The molecule has 0 aliphatic carbocycles. The Morgan fingerprint density at radius 2 is 1.38 bits per heavy atom. The molecule has 0 aliphatic rings. The third-order valence-corrected chi connectivity index (χ3v) is 5.91. The van der Waals surface area contributed by atoms with Crippen LogP contribution in [0.5, 0.6) is 0 Å². The second kappa shape index (κ2) is 9.80. The summed E-state index contributed by atoms with van der Waals surface area (Å²) < 4.78 is 0. The summed E-state index contributed by atoms with van der Waals surface area (Å²) in [4.78, 5) is 43.4. The number of carbonyl (C=O) groups excluding carboxylic acids is 2. The number of nitrogens with two attached hydrogens (primary N) is 1. The summed E-state index contributed by atoms with van der Waals surface area (Å²) in [5.41, 5.74) is 9.77. The fourth-order valence-electron chi connectivity index (χ4n) is 4.01. The molecule has 2 heterocycles. The molecule has 9 nitrogen and oxygen atoms in total. The molecule has 4 rings (SSSR count). The average Bonchev–Trinajstić information content (AvgIpc) is 3.42. The number of aromatic amines is 2. The molecular formula is C25H27N5O4. The molecule has 0 unspecified atom stereocenters. The largest absolute Gasteiger partial charge is 0.480 e. The van der Waals surface area contributed by atoms with E-state index in [4.69, 9.17) is 5.73 Å². The number of para-hydroxylation sites is 2. The van der Waals surface area contributed by atoms with Gasteiger partial charge in [0.25, 0.3) is 0 Å². The SMILES string of the molecule is C[C@H](NC(=O)[C@H](Cc1c[nH]c2ccccc12)NC(=O)[C@@H](N)Cc1c[nH]c2ccccc12)C(=O)O. The highest BCUT2D eigenvalue weighted by molar-refractivity contribution is 5.93. The topological polar surface area (TPSA) is 153 Å². The van der Waals surface area contributed by atoms with Gasteiger partial charge in [0.15, 0.2) is 0 Å². The molecule has 0 bridgehead atoms. The minimum absolute atomic E-state index is 0.174. The number of aromatic nitrogens is 2. The van der Waals surface area contributed by atoms with Crippen molar-refractivity contribution in [3.8, 4) is 0 Å². The zero-order valence-electron chi connectivity index (χ0n) is 18.7. The number of hydrogen-bond donors (Lipinski definition) is 6. The Hall–Kier alpha value is -4.11. The van der Waals surface area contributed by atoms with Crippen LogP contribution in [0, 0.1) is 0 Å². The fourth-order valence-corrected chi connectivity index (χ4v) is 4.01. The highest BCUT2D eigenvalue weighted by atomic mass is 16.4. The van der Waals surface area contributed by atoms with E-state index >= 15 is 0 Å². The van der Waals surface area contributed by atoms with Crippen LogP contribution in [-0.4, -0.2) is 51.0 Å². The Labute approximate surface area is 195 Å². The molecular weight excluding hydrogens is 434 g/mol. The molecule has 2 aromatic heterocycles. The monoisotopic (exact) mass is 461 g/mol. The van der Waals surface area contributed by atoms with E-state index in [0.717, 1.165) is 32.9 Å². The van der Waals surface area contributed by atoms with Crippen molar-refractivity contribution in [2.75, 3.05) is 0 Å². The molecule has 0 saturated heterocycles.